The molecular formula is C12H14BrClN2O. The summed E-state index contributed by atoms with van der Waals surface area (Å²) in [6, 6.07) is 6.04. The van der Waals surface area contributed by atoms with Crippen LogP contribution in [-0.4, -0.2) is 18.5 Å². The molecule has 0 aromatic heterocycles. The third kappa shape index (κ3) is 4.30. The van der Waals surface area contributed by atoms with Crippen LogP contribution in [0.4, 0.5) is 0 Å². The Morgan fingerprint density at radius 2 is 2.24 bits per heavy atom. The van der Waals surface area contributed by atoms with Crippen molar-refractivity contribution in [3.63, 3.8) is 0 Å². The predicted octanol–water partition coefficient (Wildman–Crippen LogP) is 2.47. The zero-order chi connectivity index (χ0) is 12.3. The van der Waals surface area contributed by atoms with Gasteiger partial charge < -0.3 is 10.6 Å². The molecule has 0 spiro atoms. The van der Waals surface area contributed by atoms with E-state index < -0.39 is 0 Å². The van der Waals surface area contributed by atoms with Crippen LogP contribution in [0.3, 0.4) is 0 Å². The first-order valence-corrected chi connectivity index (χ1v) is 6.76. The summed E-state index contributed by atoms with van der Waals surface area (Å²) in [5, 5.41) is 6.73. The largest absolute Gasteiger partial charge is 0.352 e. The summed E-state index contributed by atoms with van der Waals surface area (Å²) in [4.78, 5) is 11.4. The number of benzene rings is 1. The van der Waals surface area contributed by atoms with Gasteiger partial charge in [0.05, 0.1) is 6.54 Å². The Hall–Kier alpha value is -0.580. The standard InChI is InChI=1S/C12H14BrClN2O/c13-11-4-1-9(14)5-8(11)6-15-7-12(17)16-10-2-3-10/h1,4-5,10,15H,2-3,6-7H2,(H,16,17). The summed E-state index contributed by atoms with van der Waals surface area (Å²) < 4.78 is 0.997. The van der Waals surface area contributed by atoms with Gasteiger partial charge in [0.25, 0.3) is 0 Å². The summed E-state index contributed by atoms with van der Waals surface area (Å²) >= 11 is 9.36. The monoisotopic (exact) mass is 316 g/mol. The lowest BCUT2D eigenvalue weighted by Crippen LogP contribution is -2.34. The molecule has 1 fully saturated rings. The average Bonchev–Trinajstić information content (AvgIpc) is 3.07. The molecule has 92 valence electrons. The second-order valence-electron chi connectivity index (χ2n) is 4.18. The van der Waals surface area contributed by atoms with Crippen LogP contribution in [0.1, 0.15) is 18.4 Å². The smallest absolute Gasteiger partial charge is 0.234 e. The quantitative estimate of drug-likeness (QED) is 0.876. The Labute approximate surface area is 114 Å². The van der Waals surface area contributed by atoms with E-state index in [1.165, 1.54) is 0 Å². The third-order valence-electron chi connectivity index (χ3n) is 2.55. The van der Waals surface area contributed by atoms with Crippen LogP contribution in [0.15, 0.2) is 22.7 Å². The third-order valence-corrected chi connectivity index (χ3v) is 3.56. The summed E-state index contributed by atoms with van der Waals surface area (Å²) in [6.07, 6.45) is 2.23. The first-order valence-electron chi connectivity index (χ1n) is 5.59. The van der Waals surface area contributed by atoms with Crippen molar-refractivity contribution in [3.05, 3.63) is 33.3 Å². The van der Waals surface area contributed by atoms with Crippen molar-refractivity contribution in [1.29, 1.82) is 0 Å². The Morgan fingerprint density at radius 1 is 1.47 bits per heavy atom. The van der Waals surface area contributed by atoms with E-state index in [1.807, 2.05) is 18.2 Å². The fraction of sp³-hybridized carbons (Fsp3) is 0.417. The van der Waals surface area contributed by atoms with E-state index in [0.29, 0.717) is 24.2 Å². The van der Waals surface area contributed by atoms with Gasteiger partial charge in [-0.05, 0) is 36.6 Å². The second kappa shape index (κ2) is 5.85. The number of rotatable bonds is 5. The molecule has 17 heavy (non-hydrogen) atoms. The minimum absolute atomic E-state index is 0.0608. The fourth-order valence-electron chi connectivity index (χ4n) is 1.50. The highest BCUT2D eigenvalue weighted by molar-refractivity contribution is 9.10. The summed E-state index contributed by atoms with van der Waals surface area (Å²) in [5.41, 5.74) is 1.05. The van der Waals surface area contributed by atoms with Crippen LogP contribution in [0.5, 0.6) is 0 Å². The van der Waals surface area contributed by atoms with Crippen molar-refractivity contribution < 1.29 is 4.79 Å². The van der Waals surface area contributed by atoms with E-state index in [4.69, 9.17) is 11.6 Å². The van der Waals surface area contributed by atoms with Gasteiger partial charge in [0.1, 0.15) is 0 Å². The van der Waals surface area contributed by atoms with Crippen molar-refractivity contribution >= 4 is 33.4 Å². The van der Waals surface area contributed by atoms with Gasteiger partial charge in [-0.2, -0.15) is 0 Å². The summed E-state index contributed by atoms with van der Waals surface area (Å²) in [5.74, 6) is 0.0608. The number of carbonyl (C=O) groups is 1. The molecule has 0 bridgehead atoms. The molecule has 0 heterocycles. The molecule has 0 atom stereocenters. The maximum Gasteiger partial charge on any atom is 0.234 e. The average molecular weight is 318 g/mol. The number of amides is 1. The highest BCUT2D eigenvalue weighted by atomic mass is 79.9. The van der Waals surface area contributed by atoms with Gasteiger partial charge in [0.2, 0.25) is 5.91 Å². The van der Waals surface area contributed by atoms with Crippen molar-refractivity contribution in [2.75, 3.05) is 6.54 Å². The van der Waals surface area contributed by atoms with Gasteiger partial charge in [-0.1, -0.05) is 27.5 Å². The first kappa shape index (κ1) is 12.9. The molecule has 2 rings (SSSR count). The van der Waals surface area contributed by atoms with E-state index in [1.54, 1.807) is 0 Å². The minimum atomic E-state index is 0.0608. The molecule has 1 aromatic rings. The lowest BCUT2D eigenvalue weighted by atomic mass is 10.2. The van der Waals surface area contributed by atoms with Gasteiger partial charge in [0, 0.05) is 22.1 Å². The number of carbonyl (C=O) groups excluding carboxylic acids is 1. The number of hydrogen-bond donors (Lipinski definition) is 2. The maximum absolute atomic E-state index is 11.4. The molecule has 0 radical (unpaired) electrons. The Bertz CT molecular complexity index is 421. The topological polar surface area (TPSA) is 41.1 Å². The molecule has 0 aliphatic heterocycles. The van der Waals surface area contributed by atoms with Gasteiger partial charge in [0.15, 0.2) is 0 Å². The molecule has 1 aliphatic rings. The van der Waals surface area contributed by atoms with Crippen LogP contribution in [0, 0.1) is 0 Å². The van der Waals surface area contributed by atoms with Gasteiger partial charge in [-0.3, -0.25) is 4.79 Å². The van der Waals surface area contributed by atoms with E-state index in [2.05, 4.69) is 26.6 Å². The predicted molar refractivity (Wildman–Crippen MR) is 72.0 cm³/mol. The summed E-state index contributed by atoms with van der Waals surface area (Å²) in [6.45, 7) is 0.967. The molecule has 3 nitrogen and oxygen atoms in total. The molecule has 1 saturated carbocycles. The highest BCUT2D eigenvalue weighted by Gasteiger charge is 2.22. The molecule has 1 aromatic carbocycles. The Kier molecular flexibility index (Phi) is 4.42. The van der Waals surface area contributed by atoms with Crippen molar-refractivity contribution in [2.45, 2.75) is 25.4 Å². The van der Waals surface area contributed by atoms with Crippen LogP contribution in [0.2, 0.25) is 5.02 Å². The molecular weight excluding hydrogens is 304 g/mol. The van der Waals surface area contributed by atoms with E-state index in [0.717, 1.165) is 22.9 Å². The maximum atomic E-state index is 11.4. The van der Waals surface area contributed by atoms with Crippen molar-refractivity contribution in [1.82, 2.24) is 10.6 Å². The zero-order valence-corrected chi connectivity index (χ0v) is 11.6. The first-order chi connectivity index (χ1) is 8.15. The zero-order valence-electron chi connectivity index (χ0n) is 9.30. The minimum Gasteiger partial charge on any atom is -0.352 e. The fourth-order valence-corrected chi connectivity index (χ4v) is 2.08. The molecule has 0 saturated heterocycles. The van der Waals surface area contributed by atoms with Crippen LogP contribution in [0.25, 0.3) is 0 Å². The van der Waals surface area contributed by atoms with Crippen LogP contribution in [-0.2, 0) is 11.3 Å². The molecule has 0 unspecified atom stereocenters. The Balaban J connectivity index is 1.76. The normalized spacial score (nSPS) is 14.7. The van der Waals surface area contributed by atoms with Gasteiger partial charge >= 0.3 is 0 Å². The lowest BCUT2D eigenvalue weighted by Gasteiger charge is -2.07. The van der Waals surface area contributed by atoms with E-state index >= 15 is 0 Å². The SMILES string of the molecule is O=C(CNCc1cc(Cl)ccc1Br)NC1CC1. The molecule has 1 amide bonds. The number of nitrogens with one attached hydrogen (secondary N) is 2. The second-order valence-corrected chi connectivity index (χ2v) is 5.47. The van der Waals surface area contributed by atoms with Crippen molar-refractivity contribution in [2.24, 2.45) is 0 Å². The Morgan fingerprint density at radius 3 is 2.94 bits per heavy atom. The van der Waals surface area contributed by atoms with E-state index in [-0.39, 0.29) is 5.91 Å². The number of halogens is 2. The number of hydrogen-bond acceptors (Lipinski definition) is 2. The molecule has 2 N–H and O–H groups in total. The van der Waals surface area contributed by atoms with Crippen LogP contribution < -0.4 is 10.6 Å². The summed E-state index contributed by atoms with van der Waals surface area (Å²) in [7, 11) is 0. The molecule has 5 heteroatoms. The highest BCUT2D eigenvalue weighted by Crippen LogP contribution is 2.21. The van der Waals surface area contributed by atoms with Gasteiger partial charge in [-0.25, -0.2) is 0 Å². The van der Waals surface area contributed by atoms with E-state index in [9.17, 15) is 4.79 Å². The van der Waals surface area contributed by atoms with Gasteiger partial charge in [-0.15, -0.1) is 0 Å². The van der Waals surface area contributed by atoms with Crippen LogP contribution >= 0.6 is 27.5 Å². The molecule has 1 aliphatic carbocycles. The lowest BCUT2D eigenvalue weighted by molar-refractivity contribution is -0.120. The van der Waals surface area contributed by atoms with Crippen molar-refractivity contribution in [3.8, 4) is 0 Å².